The van der Waals surface area contributed by atoms with E-state index in [0.717, 1.165) is 18.4 Å². The van der Waals surface area contributed by atoms with Gasteiger partial charge in [-0.05, 0) is 37.8 Å². The highest BCUT2D eigenvalue weighted by Crippen LogP contribution is 2.38. The number of hydrogen-bond donors (Lipinski definition) is 0. The third kappa shape index (κ3) is 2.33. The predicted molar refractivity (Wildman–Crippen MR) is 65.0 cm³/mol. The largest absolute Gasteiger partial charge is 0.472 e. The van der Waals surface area contributed by atoms with Crippen molar-refractivity contribution in [2.45, 2.75) is 39.0 Å². The molecule has 0 radical (unpaired) electrons. The summed E-state index contributed by atoms with van der Waals surface area (Å²) in [6.07, 6.45) is 6.34. The van der Waals surface area contributed by atoms with Gasteiger partial charge in [-0.25, -0.2) is 0 Å². The Balaban J connectivity index is 2.26. The molecule has 0 saturated heterocycles. The third-order valence-corrected chi connectivity index (χ3v) is 3.54. The summed E-state index contributed by atoms with van der Waals surface area (Å²) < 4.78 is 10.1. The number of furan rings is 1. The Labute approximate surface area is 106 Å². The normalized spacial score (nSPS) is 23.9. The highest BCUT2D eigenvalue weighted by atomic mass is 16.5. The van der Waals surface area contributed by atoms with Crippen molar-refractivity contribution in [2.24, 2.45) is 5.41 Å². The van der Waals surface area contributed by atoms with E-state index in [1.54, 1.807) is 25.5 Å². The minimum Gasteiger partial charge on any atom is -0.472 e. The molecular formula is C14H18O4. The quantitative estimate of drug-likeness (QED) is 0.608. The summed E-state index contributed by atoms with van der Waals surface area (Å²) in [5, 5.41) is 0. The second kappa shape index (κ2) is 5.38. The van der Waals surface area contributed by atoms with Crippen LogP contribution in [0.15, 0.2) is 23.0 Å². The van der Waals surface area contributed by atoms with Crippen molar-refractivity contribution in [1.82, 2.24) is 0 Å². The lowest BCUT2D eigenvalue weighted by Crippen LogP contribution is -2.44. The number of carbonyl (C=O) groups is 2. The van der Waals surface area contributed by atoms with Gasteiger partial charge in [-0.15, -0.1) is 0 Å². The molecule has 1 unspecified atom stereocenters. The molecule has 1 aromatic heterocycles. The summed E-state index contributed by atoms with van der Waals surface area (Å²) >= 11 is 0. The van der Waals surface area contributed by atoms with Crippen LogP contribution in [0.25, 0.3) is 0 Å². The molecule has 1 saturated carbocycles. The highest BCUT2D eigenvalue weighted by molar-refractivity contribution is 6.04. The number of ketones is 1. The molecule has 0 amide bonds. The molecule has 4 heteroatoms. The Bertz CT molecular complexity index is 421. The zero-order valence-corrected chi connectivity index (χ0v) is 10.6. The molecule has 98 valence electrons. The van der Waals surface area contributed by atoms with Gasteiger partial charge in [0.25, 0.3) is 0 Å². The van der Waals surface area contributed by atoms with Gasteiger partial charge in [0.15, 0.2) is 5.78 Å². The van der Waals surface area contributed by atoms with Crippen LogP contribution >= 0.6 is 0 Å². The number of hydrogen-bond acceptors (Lipinski definition) is 4. The predicted octanol–water partition coefficient (Wildman–Crippen LogP) is 2.51. The molecule has 0 N–H and O–H groups in total. The van der Waals surface area contributed by atoms with Gasteiger partial charge in [-0.1, -0.05) is 6.42 Å². The number of carbonyl (C=O) groups excluding carboxylic acids is 2. The van der Waals surface area contributed by atoms with Crippen molar-refractivity contribution in [3.05, 3.63) is 24.2 Å². The molecule has 0 bridgehead atoms. The summed E-state index contributed by atoms with van der Waals surface area (Å²) in [6.45, 7) is 2.07. The van der Waals surface area contributed by atoms with Gasteiger partial charge in [-0.3, -0.25) is 9.59 Å². The number of rotatable bonds is 4. The molecule has 0 spiro atoms. The molecule has 0 aliphatic heterocycles. The first-order valence-corrected chi connectivity index (χ1v) is 6.40. The van der Waals surface area contributed by atoms with E-state index in [4.69, 9.17) is 9.15 Å². The lowest BCUT2D eigenvalue weighted by molar-refractivity contribution is -0.162. The molecule has 1 aromatic rings. The molecule has 1 aliphatic rings. The standard InChI is InChI=1S/C14H18O4/c1-2-18-13(16)14(7-4-3-5-12(14)15)9-11-6-8-17-10-11/h6,8,10H,2-5,7,9H2,1H3. The second-order valence-electron chi connectivity index (χ2n) is 4.74. The molecule has 18 heavy (non-hydrogen) atoms. The van der Waals surface area contributed by atoms with Crippen molar-refractivity contribution in [3.63, 3.8) is 0 Å². The minimum atomic E-state index is -0.988. The van der Waals surface area contributed by atoms with Crippen LogP contribution in [-0.4, -0.2) is 18.4 Å². The molecule has 0 aromatic carbocycles. The monoisotopic (exact) mass is 250 g/mol. The Morgan fingerprint density at radius 3 is 2.94 bits per heavy atom. The fourth-order valence-corrected chi connectivity index (χ4v) is 2.58. The number of esters is 1. The molecule has 1 aliphatic carbocycles. The number of Topliss-reactive ketones (excluding diaryl/α,β-unsaturated/α-hetero) is 1. The Hall–Kier alpha value is -1.58. The lowest BCUT2D eigenvalue weighted by Gasteiger charge is -2.32. The van der Waals surface area contributed by atoms with E-state index in [9.17, 15) is 9.59 Å². The van der Waals surface area contributed by atoms with Crippen molar-refractivity contribution in [1.29, 1.82) is 0 Å². The average molecular weight is 250 g/mol. The zero-order valence-electron chi connectivity index (χ0n) is 10.6. The topological polar surface area (TPSA) is 56.5 Å². The van der Waals surface area contributed by atoms with Gasteiger partial charge in [0.05, 0.1) is 19.1 Å². The van der Waals surface area contributed by atoms with Crippen molar-refractivity contribution < 1.29 is 18.7 Å². The van der Waals surface area contributed by atoms with Crippen molar-refractivity contribution >= 4 is 11.8 Å². The van der Waals surface area contributed by atoms with E-state index in [1.807, 2.05) is 0 Å². The maximum atomic E-state index is 12.2. The Kier molecular flexibility index (Phi) is 3.84. The van der Waals surface area contributed by atoms with Gasteiger partial charge in [0, 0.05) is 6.42 Å². The van der Waals surface area contributed by atoms with E-state index in [0.29, 0.717) is 25.9 Å². The van der Waals surface area contributed by atoms with Gasteiger partial charge >= 0.3 is 5.97 Å². The molecule has 2 rings (SSSR count). The fourth-order valence-electron chi connectivity index (χ4n) is 2.58. The third-order valence-electron chi connectivity index (χ3n) is 3.54. The maximum Gasteiger partial charge on any atom is 0.319 e. The van der Waals surface area contributed by atoms with Crippen LogP contribution in [0.2, 0.25) is 0 Å². The summed E-state index contributed by atoms with van der Waals surface area (Å²) in [4.78, 5) is 24.4. The van der Waals surface area contributed by atoms with E-state index < -0.39 is 5.41 Å². The highest BCUT2D eigenvalue weighted by Gasteiger charge is 2.47. The van der Waals surface area contributed by atoms with Gasteiger partial charge in [0.1, 0.15) is 5.41 Å². The van der Waals surface area contributed by atoms with Crippen LogP contribution in [0.1, 0.15) is 38.2 Å². The molecule has 1 heterocycles. The summed E-state index contributed by atoms with van der Waals surface area (Å²) in [6, 6.07) is 1.79. The van der Waals surface area contributed by atoms with Crippen LogP contribution < -0.4 is 0 Å². The Morgan fingerprint density at radius 1 is 1.50 bits per heavy atom. The summed E-state index contributed by atoms with van der Waals surface area (Å²) in [5.74, 6) is -0.371. The van der Waals surface area contributed by atoms with Crippen molar-refractivity contribution in [2.75, 3.05) is 6.61 Å². The van der Waals surface area contributed by atoms with Gasteiger partial charge < -0.3 is 9.15 Å². The van der Waals surface area contributed by atoms with Crippen LogP contribution in [0, 0.1) is 5.41 Å². The molecular weight excluding hydrogens is 232 g/mol. The van der Waals surface area contributed by atoms with E-state index >= 15 is 0 Å². The average Bonchev–Trinajstić information content (AvgIpc) is 2.85. The molecule has 4 nitrogen and oxygen atoms in total. The smallest absolute Gasteiger partial charge is 0.319 e. The maximum absolute atomic E-state index is 12.2. The fraction of sp³-hybridized carbons (Fsp3) is 0.571. The first-order chi connectivity index (χ1) is 8.69. The minimum absolute atomic E-state index is 0.00778. The van der Waals surface area contributed by atoms with Crippen molar-refractivity contribution in [3.8, 4) is 0 Å². The van der Waals surface area contributed by atoms with Gasteiger partial charge in [0.2, 0.25) is 0 Å². The Morgan fingerprint density at radius 2 is 2.33 bits per heavy atom. The van der Waals surface area contributed by atoms with Gasteiger partial charge in [-0.2, -0.15) is 0 Å². The lowest BCUT2D eigenvalue weighted by atomic mass is 9.69. The molecule has 1 fully saturated rings. The van der Waals surface area contributed by atoms with E-state index in [1.165, 1.54) is 0 Å². The summed E-state index contributed by atoms with van der Waals surface area (Å²) in [5.41, 5.74) is -0.115. The van der Waals surface area contributed by atoms with Crippen LogP contribution in [-0.2, 0) is 20.7 Å². The summed E-state index contributed by atoms with van der Waals surface area (Å²) in [7, 11) is 0. The zero-order chi connectivity index (χ0) is 13.0. The second-order valence-corrected chi connectivity index (χ2v) is 4.74. The van der Waals surface area contributed by atoms with Crippen LogP contribution in [0.3, 0.4) is 0 Å². The molecule has 1 atom stereocenters. The van der Waals surface area contributed by atoms with Crippen LogP contribution in [0.5, 0.6) is 0 Å². The first-order valence-electron chi connectivity index (χ1n) is 6.40. The number of ether oxygens (including phenoxy) is 1. The van der Waals surface area contributed by atoms with E-state index in [-0.39, 0.29) is 11.8 Å². The SMILES string of the molecule is CCOC(=O)C1(Cc2ccoc2)CCCCC1=O. The van der Waals surface area contributed by atoms with E-state index in [2.05, 4.69) is 0 Å². The first kappa shape index (κ1) is 12.9. The van der Waals surface area contributed by atoms with Crippen LogP contribution in [0.4, 0.5) is 0 Å².